The first-order valence-corrected chi connectivity index (χ1v) is 12.7. The minimum absolute atomic E-state index is 0.123. The van der Waals surface area contributed by atoms with Gasteiger partial charge in [-0.15, -0.1) is 6.58 Å². The average molecular weight is 517 g/mol. The molecule has 0 atom stereocenters. The number of nitrogens with zero attached hydrogens (tertiary/aromatic N) is 1. The van der Waals surface area contributed by atoms with Crippen molar-refractivity contribution in [3.05, 3.63) is 125 Å². The molecule has 1 saturated heterocycles. The number of hydrogen-bond acceptors (Lipinski definition) is 4. The van der Waals surface area contributed by atoms with Crippen LogP contribution in [0.15, 0.2) is 97.1 Å². The number of aryl methyl sites for hydroxylation is 2. The van der Waals surface area contributed by atoms with Crippen molar-refractivity contribution in [3.63, 3.8) is 0 Å². The fourth-order valence-electron chi connectivity index (χ4n) is 4.56. The lowest BCUT2D eigenvalue weighted by Gasteiger charge is -2.27. The lowest BCUT2D eigenvalue weighted by atomic mass is 10.0. The van der Waals surface area contributed by atoms with Crippen molar-refractivity contribution in [3.8, 4) is 5.75 Å². The minimum Gasteiger partial charge on any atom is -0.489 e. The number of carbonyl (C=O) groups is 3. The van der Waals surface area contributed by atoms with E-state index in [1.807, 2.05) is 50.2 Å². The van der Waals surface area contributed by atoms with Gasteiger partial charge in [0.25, 0.3) is 11.8 Å². The highest BCUT2D eigenvalue weighted by atomic mass is 16.5. The quantitative estimate of drug-likeness (QED) is 0.174. The van der Waals surface area contributed by atoms with Gasteiger partial charge in [0.1, 0.15) is 17.9 Å². The summed E-state index contributed by atoms with van der Waals surface area (Å²) in [4.78, 5) is 39.5. The van der Waals surface area contributed by atoms with Gasteiger partial charge in [-0.2, -0.15) is 0 Å². The number of urea groups is 1. The van der Waals surface area contributed by atoms with Gasteiger partial charge in [-0.25, -0.2) is 9.69 Å². The molecule has 1 aliphatic rings. The van der Waals surface area contributed by atoms with E-state index >= 15 is 0 Å². The summed E-state index contributed by atoms with van der Waals surface area (Å²) in [6.07, 6.45) is 3.81. The molecule has 0 spiro atoms. The van der Waals surface area contributed by atoms with Crippen LogP contribution in [0.5, 0.6) is 5.75 Å². The Balaban J connectivity index is 1.41. The molecule has 1 heterocycles. The molecule has 4 aromatic rings. The van der Waals surface area contributed by atoms with Crippen LogP contribution in [0.3, 0.4) is 0 Å². The van der Waals surface area contributed by atoms with Crippen LogP contribution in [0.2, 0.25) is 0 Å². The SMILES string of the molecule is C=CCc1cc(/C=C2\C(=O)NC(=O)N(c3ccc(C)c(C)c3)C2=O)ccc1OCc1ccc2ccccc2c1. The van der Waals surface area contributed by atoms with Gasteiger partial charge in [-0.3, -0.25) is 14.9 Å². The van der Waals surface area contributed by atoms with Crippen LogP contribution in [0, 0.1) is 13.8 Å². The summed E-state index contributed by atoms with van der Waals surface area (Å²) in [5, 5.41) is 4.60. The number of ether oxygens (including phenoxy) is 1. The van der Waals surface area contributed by atoms with Gasteiger partial charge in [0, 0.05) is 0 Å². The predicted molar refractivity (Wildman–Crippen MR) is 154 cm³/mol. The lowest BCUT2D eigenvalue weighted by molar-refractivity contribution is -0.122. The molecule has 5 rings (SSSR count). The van der Waals surface area contributed by atoms with Crippen molar-refractivity contribution >= 4 is 40.4 Å². The molecule has 39 heavy (non-hydrogen) atoms. The van der Waals surface area contributed by atoms with Gasteiger partial charge >= 0.3 is 6.03 Å². The maximum Gasteiger partial charge on any atom is 0.335 e. The van der Waals surface area contributed by atoms with Crippen molar-refractivity contribution in [1.29, 1.82) is 0 Å². The Kier molecular flexibility index (Phi) is 7.10. The summed E-state index contributed by atoms with van der Waals surface area (Å²) < 4.78 is 6.15. The van der Waals surface area contributed by atoms with Gasteiger partial charge < -0.3 is 4.74 Å². The molecular formula is C33H28N2O4. The number of anilines is 1. The highest BCUT2D eigenvalue weighted by Crippen LogP contribution is 2.27. The van der Waals surface area contributed by atoms with E-state index in [0.717, 1.165) is 32.5 Å². The zero-order valence-electron chi connectivity index (χ0n) is 21.9. The number of benzene rings is 4. The summed E-state index contributed by atoms with van der Waals surface area (Å²) in [5.74, 6) is -0.711. The maximum atomic E-state index is 13.3. The van der Waals surface area contributed by atoms with Crippen molar-refractivity contribution < 1.29 is 19.1 Å². The standard InChI is InChI=1S/C33H28N2O4/c1-4-7-27-17-23(12-15-30(27)39-20-24-11-13-25-8-5-6-9-26(25)18-24)19-29-31(36)34-33(38)35(32(29)37)28-14-10-21(2)22(3)16-28/h4-6,8-19H,1,7,20H2,2-3H3,(H,34,36,38)/b29-19+. The molecule has 6 heteroatoms. The van der Waals surface area contributed by atoms with Crippen LogP contribution in [0.25, 0.3) is 16.8 Å². The largest absolute Gasteiger partial charge is 0.489 e. The number of imide groups is 2. The van der Waals surface area contributed by atoms with Crippen molar-refractivity contribution in [2.75, 3.05) is 4.90 Å². The topological polar surface area (TPSA) is 75.7 Å². The molecule has 4 aromatic carbocycles. The predicted octanol–water partition coefficient (Wildman–Crippen LogP) is 6.43. The number of barbiturate groups is 1. The Labute approximate surface area is 227 Å². The third-order valence-electron chi connectivity index (χ3n) is 6.82. The van der Waals surface area contributed by atoms with Crippen LogP contribution >= 0.6 is 0 Å². The zero-order valence-corrected chi connectivity index (χ0v) is 21.9. The molecule has 1 aliphatic heterocycles. The van der Waals surface area contributed by atoms with E-state index in [1.165, 1.54) is 11.5 Å². The average Bonchev–Trinajstić information content (AvgIpc) is 2.92. The van der Waals surface area contributed by atoms with E-state index in [0.29, 0.717) is 30.0 Å². The second-order valence-electron chi connectivity index (χ2n) is 9.56. The van der Waals surface area contributed by atoms with Gasteiger partial charge in [-0.1, -0.05) is 54.6 Å². The third-order valence-corrected chi connectivity index (χ3v) is 6.82. The molecule has 6 nitrogen and oxygen atoms in total. The molecule has 0 unspecified atom stereocenters. The molecule has 1 N–H and O–H groups in total. The van der Waals surface area contributed by atoms with Crippen molar-refractivity contribution in [2.45, 2.75) is 26.9 Å². The molecular weight excluding hydrogens is 488 g/mol. The molecule has 0 radical (unpaired) electrons. The Morgan fingerprint density at radius 2 is 1.67 bits per heavy atom. The summed E-state index contributed by atoms with van der Waals surface area (Å²) in [7, 11) is 0. The highest BCUT2D eigenvalue weighted by Gasteiger charge is 2.36. The molecule has 0 aliphatic carbocycles. The van der Waals surface area contributed by atoms with E-state index < -0.39 is 17.8 Å². The third kappa shape index (κ3) is 5.36. The van der Waals surface area contributed by atoms with Gasteiger partial charge in [0.05, 0.1) is 5.69 Å². The molecule has 4 amide bonds. The van der Waals surface area contributed by atoms with Crippen LogP contribution < -0.4 is 15.0 Å². The summed E-state index contributed by atoms with van der Waals surface area (Å²) in [5.41, 5.74) is 4.80. The van der Waals surface area contributed by atoms with Crippen molar-refractivity contribution in [1.82, 2.24) is 5.32 Å². The smallest absolute Gasteiger partial charge is 0.335 e. The van der Waals surface area contributed by atoms with E-state index in [4.69, 9.17) is 4.74 Å². The zero-order chi connectivity index (χ0) is 27.5. The van der Waals surface area contributed by atoms with Crippen LogP contribution in [-0.2, 0) is 22.6 Å². The van der Waals surface area contributed by atoms with Gasteiger partial charge in [0.15, 0.2) is 0 Å². The number of nitrogens with one attached hydrogen (secondary N) is 1. The van der Waals surface area contributed by atoms with E-state index in [1.54, 1.807) is 24.3 Å². The molecule has 0 saturated carbocycles. The number of hydrogen-bond donors (Lipinski definition) is 1. The first-order valence-electron chi connectivity index (χ1n) is 12.7. The first-order chi connectivity index (χ1) is 18.8. The molecule has 1 fully saturated rings. The van der Waals surface area contributed by atoms with Gasteiger partial charge in [0.2, 0.25) is 0 Å². The van der Waals surface area contributed by atoms with E-state index in [-0.39, 0.29) is 5.57 Å². The van der Waals surface area contributed by atoms with Gasteiger partial charge in [-0.05, 0) is 95.3 Å². The van der Waals surface area contributed by atoms with Crippen LogP contribution in [-0.4, -0.2) is 17.8 Å². The second-order valence-corrected chi connectivity index (χ2v) is 9.56. The van der Waals surface area contributed by atoms with E-state index in [9.17, 15) is 14.4 Å². The monoisotopic (exact) mass is 516 g/mol. The minimum atomic E-state index is -0.768. The van der Waals surface area contributed by atoms with E-state index in [2.05, 4.69) is 36.2 Å². The second kappa shape index (κ2) is 10.8. The molecule has 0 aromatic heterocycles. The van der Waals surface area contributed by atoms with Crippen LogP contribution in [0.1, 0.15) is 27.8 Å². The summed E-state index contributed by atoms with van der Waals surface area (Å²) in [6, 6.07) is 24.4. The molecule has 194 valence electrons. The maximum absolute atomic E-state index is 13.3. The Hall–Kier alpha value is -4.97. The van der Waals surface area contributed by atoms with Crippen molar-refractivity contribution in [2.24, 2.45) is 0 Å². The van der Waals surface area contributed by atoms with Crippen LogP contribution in [0.4, 0.5) is 10.5 Å². The summed E-state index contributed by atoms with van der Waals surface area (Å²) in [6.45, 7) is 8.09. The number of allylic oxidation sites excluding steroid dienone is 1. The highest BCUT2D eigenvalue weighted by molar-refractivity contribution is 6.39. The fraction of sp³-hybridized carbons (Fsp3) is 0.121. The lowest BCUT2D eigenvalue weighted by Crippen LogP contribution is -2.54. The normalized spacial score (nSPS) is 14.6. The Morgan fingerprint density at radius 1 is 0.872 bits per heavy atom. The summed E-state index contributed by atoms with van der Waals surface area (Å²) >= 11 is 0. The Morgan fingerprint density at radius 3 is 2.44 bits per heavy atom. The number of carbonyl (C=O) groups excluding carboxylic acids is 3. The fourth-order valence-corrected chi connectivity index (χ4v) is 4.56. The number of rotatable bonds is 7. The number of fused-ring (bicyclic) bond motifs is 1. The molecule has 0 bridgehead atoms. The first kappa shape index (κ1) is 25.7. The Bertz CT molecular complexity index is 1670. The number of amides is 4.